The monoisotopic (exact) mass is 468 g/mol. The molecule has 34 heavy (non-hydrogen) atoms. The van der Waals surface area contributed by atoms with E-state index in [-0.39, 0.29) is 12.5 Å². The maximum Gasteiger partial charge on any atom is 0.273 e. The van der Waals surface area contributed by atoms with Gasteiger partial charge in [0.05, 0.1) is 0 Å². The zero-order valence-corrected chi connectivity index (χ0v) is 20.5. The molecule has 2 atom stereocenters. The molecule has 2 N–H and O–H groups in total. The Morgan fingerprint density at radius 3 is 2.68 bits per heavy atom. The number of ether oxygens (including phenoxy) is 1. The number of aliphatic hydroxyl groups is 1. The molecule has 8 heteroatoms. The van der Waals surface area contributed by atoms with E-state index in [1.54, 1.807) is 19.0 Å². The molecule has 0 saturated carbocycles. The fourth-order valence-corrected chi connectivity index (χ4v) is 4.04. The average molecular weight is 469 g/mol. The molecule has 3 rings (SSSR count). The second kappa shape index (κ2) is 11.7. The molecule has 0 aromatic heterocycles. The second-order valence-corrected chi connectivity index (χ2v) is 9.06. The summed E-state index contributed by atoms with van der Waals surface area (Å²) in [5, 5.41) is 12.5. The van der Waals surface area contributed by atoms with Crippen LogP contribution in [0.2, 0.25) is 0 Å². The molecule has 184 valence electrons. The van der Waals surface area contributed by atoms with Crippen LogP contribution in [0.5, 0.6) is 0 Å². The van der Waals surface area contributed by atoms with Gasteiger partial charge in [-0.25, -0.2) is 0 Å². The number of carbonyl (C=O) groups is 2. The number of hydrogen-bond acceptors (Lipinski definition) is 6. The van der Waals surface area contributed by atoms with Crippen LogP contribution in [0.3, 0.4) is 0 Å². The Balaban J connectivity index is 1.96. The van der Waals surface area contributed by atoms with Crippen molar-refractivity contribution in [1.29, 1.82) is 0 Å². The van der Waals surface area contributed by atoms with Gasteiger partial charge >= 0.3 is 0 Å². The van der Waals surface area contributed by atoms with Gasteiger partial charge in [0.1, 0.15) is 17.3 Å². The van der Waals surface area contributed by atoms with Crippen molar-refractivity contribution in [3.63, 3.8) is 0 Å². The first-order valence-electron chi connectivity index (χ1n) is 11.8. The lowest BCUT2D eigenvalue weighted by molar-refractivity contribution is -0.129. The van der Waals surface area contributed by atoms with Crippen LogP contribution >= 0.6 is 0 Å². The summed E-state index contributed by atoms with van der Waals surface area (Å²) in [6.45, 7) is 5.17. The molecule has 1 aliphatic heterocycles. The van der Waals surface area contributed by atoms with E-state index < -0.39 is 6.35 Å². The minimum absolute atomic E-state index is 0.00696. The number of hydrogen-bond donors (Lipinski definition) is 2. The number of likely N-dealkylation sites (N-methyl/N-ethyl adjacent to an activating group) is 1. The van der Waals surface area contributed by atoms with Gasteiger partial charge in [-0.3, -0.25) is 9.59 Å². The van der Waals surface area contributed by atoms with Gasteiger partial charge in [0.25, 0.3) is 12.3 Å². The molecule has 0 radical (unpaired) electrons. The van der Waals surface area contributed by atoms with Gasteiger partial charge in [-0.1, -0.05) is 50.3 Å². The molecule has 0 fully saturated rings. The average Bonchev–Trinajstić information content (AvgIpc) is 3.19. The molecule has 1 heterocycles. The number of rotatable bonds is 11. The molecule has 2 amide bonds. The maximum atomic E-state index is 13.5. The Labute approximate surface area is 202 Å². The van der Waals surface area contributed by atoms with Gasteiger partial charge in [-0.05, 0) is 42.4 Å². The van der Waals surface area contributed by atoms with Crippen molar-refractivity contribution < 1.29 is 19.4 Å². The Morgan fingerprint density at radius 2 is 2.03 bits per heavy atom. The van der Waals surface area contributed by atoms with E-state index in [4.69, 9.17) is 4.74 Å². The predicted octanol–water partition coefficient (Wildman–Crippen LogP) is 2.61. The number of amides is 2. The zero-order chi connectivity index (χ0) is 24.7. The van der Waals surface area contributed by atoms with E-state index in [1.807, 2.05) is 41.3 Å². The number of nitrogens with one attached hydrogen (secondary N) is 1. The molecule has 2 unspecified atom stereocenters. The van der Waals surface area contributed by atoms with Crippen molar-refractivity contribution >= 4 is 12.3 Å². The molecule has 0 bridgehead atoms. The highest BCUT2D eigenvalue weighted by molar-refractivity contribution is 5.94. The van der Waals surface area contributed by atoms with E-state index in [0.717, 1.165) is 17.7 Å². The summed E-state index contributed by atoms with van der Waals surface area (Å²) in [6, 6.07) is 9.82. The quantitative estimate of drug-likeness (QED) is 0.486. The van der Waals surface area contributed by atoms with Crippen molar-refractivity contribution in [2.75, 3.05) is 27.2 Å². The first-order chi connectivity index (χ1) is 16.3. The molecule has 0 spiro atoms. The molecular formula is C26H36N4O4. The number of aliphatic hydroxyl groups excluding tert-OH is 1. The number of benzene rings is 1. The second-order valence-electron chi connectivity index (χ2n) is 9.06. The fraction of sp³-hybridized carbons (Fsp3) is 0.462. The molecule has 1 aliphatic carbocycles. The summed E-state index contributed by atoms with van der Waals surface area (Å²) in [4.78, 5) is 30.0. The van der Waals surface area contributed by atoms with Crippen LogP contribution in [0.1, 0.15) is 32.3 Å². The lowest BCUT2D eigenvalue weighted by Crippen LogP contribution is -2.42. The highest BCUT2D eigenvalue weighted by Crippen LogP contribution is 2.30. The summed E-state index contributed by atoms with van der Waals surface area (Å²) in [7, 11) is 3.30. The highest BCUT2D eigenvalue weighted by Gasteiger charge is 2.40. The normalized spacial score (nSPS) is 19.7. The molecule has 1 aromatic carbocycles. The smallest absolute Gasteiger partial charge is 0.273 e. The lowest BCUT2D eigenvalue weighted by atomic mass is 9.89. The van der Waals surface area contributed by atoms with Crippen LogP contribution in [0.15, 0.2) is 65.8 Å². The van der Waals surface area contributed by atoms with Crippen LogP contribution in [0, 0.1) is 11.8 Å². The highest BCUT2D eigenvalue weighted by atomic mass is 16.5. The predicted molar refractivity (Wildman–Crippen MR) is 130 cm³/mol. The van der Waals surface area contributed by atoms with Crippen LogP contribution < -0.4 is 5.32 Å². The zero-order valence-electron chi connectivity index (χ0n) is 20.5. The first-order valence-corrected chi connectivity index (χ1v) is 11.8. The van der Waals surface area contributed by atoms with Gasteiger partial charge in [-0.15, -0.1) is 0 Å². The Morgan fingerprint density at radius 1 is 1.29 bits per heavy atom. The summed E-state index contributed by atoms with van der Waals surface area (Å²) in [5.74, 6) is 1.72. The van der Waals surface area contributed by atoms with E-state index in [0.29, 0.717) is 49.3 Å². The topological polar surface area (TPSA) is 85.3 Å². The van der Waals surface area contributed by atoms with E-state index in [2.05, 4.69) is 31.3 Å². The number of nitrogens with zero attached hydrogens (tertiary/aromatic N) is 3. The largest absolute Gasteiger partial charge is 0.453 e. The van der Waals surface area contributed by atoms with Crippen molar-refractivity contribution in [1.82, 2.24) is 20.0 Å². The minimum Gasteiger partial charge on any atom is -0.453 e. The Hall–Kier alpha value is -3.26. The minimum atomic E-state index is -0.676. The van der Waals surface area contributed by atoms with Gasteiger partial charge in [0.15, 0.2) is 0 Å². The molecule has 0 saturated heterocycles. The Bertz CT molecular complexity index is 941. The molecule has 8 nitrogen and oxygen atoms in total. The van der Waals surface area contributed by atoms with Gasteiger partial charge in [0.2, 0.25) is 6.41 Å². The standard InChI is InChI=1S/C26H36N4O4/c1-19(2)21-12-8-13-22(16-21)34-26-27-24(29(4)18-32)23(25(33)28(3)14-9-15-31)30(26)17-20-10-6-5-7-11-20/h5-8,10-11,13,16,18-19,21,26-27,31H,9,12,14-15,17H2,1-4H3. The summed E-state index contributed by atoms with van der Waals surface area (Å²) < 4.78 is 6.38. The lowest BCUT2D eigenvalue weighted by Gasteiger charge is -2.31. The molecule has 2 aliphatic rings. The third-order valence-electron chi connectivity index (χ3n) is 6.13. The fourth-order valence-electron chi connectivity index (χ4n) is 4.04. The van der Waals surface area contributed by atoms with Gasteiger partial charge in [0, 0.05) is 33.8 Å². The van der Waals surface area contributed by atoms with Gasteiger partial charge in [-0.2, -0.15) is 0 Å². The summed E-state index contributed by atoms with van der Waals surface area (Å²) in [6.07, 6.45) is 7.62. The third-order valence-corrected chi connectivity index (χ3v) is 6.13. The van der Waals surface area contributed by atoms with Crippen molar-refractivity contribution in [3.05, 3.63) is 71.4 Å². The number of carbonyl (C=O) groups excluding carboxylic acids is 2. The van der Waals surface area contributed by atoms with Crippen LogP contribution in [0.4, 0.5) is 0 Å². The van der Waals surface area contributed by atoms with Crippen molar-refractivity contribution in [2.24, 2.45) is 11.8 Å². The molecule has 1 aromatic rings. The number of allylic oxidation sites excluding steroid dienone is 3. The van der Waals surface area contributed by atoms with Gasteiger partial charge < -0.3 is 29.9 Å². The SMILES string of the molecule is CC(C)C1C=C(OC2NC(N(C)C=O)=C(C(=O)N(C)CCCO)N2Cc2ccccc2)C=CC1. The third kappa shape index (κ3) is 5.99. The van der Waals surface area contributed by atoms with Crippen molar-refractivity contribution in [3.8, 4) is 0 Å². The summed E-state index contributed by atoms with van der Waals surface area (Å²) in [5.41, 5.74) is 1.36. The van der Waals surface area contributed by atoms with Crippen LogP contribution in [0.25, 0.3) is 0 Å². The van der Waals surface area contributed by atoms with Crippen molar-refractivity contribution in [2.45, 2.75) is 39.6 Å². The maximum absolute atomic E-state index is 13.5. The summed E-state index contributed by atoms with van der Waals surface area (Å²) >= 11 is 0. The van der Waals surface area contributed by atoms with Crippen LogP contribution in [-0.4, -0.2) is 65.7 Å². The van der Waals surface area contributed by atoms with E-state index in [9.17, 15) is 14.7 Å². The van der Waals surface area contributed by atoms with Crippen LogP contribution in [-0.2, 0) is 20.9 Å². The van der Waals surface area contributed by atoms with E-state index >= 15 is 0 Å². The van der Waals surface area contributed by atoms with E-state index in [1.165, 1.54) is 4.90 Å². The molecular weight excluding hydrogens is 432 g/mol. The Kier molecular flexibility index (Phi) is 8.76. The first kappa shape index (κ1) is 25.4.